The van der Waals surface area contributed by atoms with Gasteiger partial charge in [-0.25, -0.2) is 0 Å². The van der Waals surface area contributed by atoms with Gasteiger partial charge in [0.15, 0.2) is 0 Å². The molecule has 0 aromatic carbocycles. The Bertz CT molecular complexity index is 78.9. The van der Waals surface area contributed by atoms with E-state index in [9.17, 15) is 4.79 Å². The van der Waals surface area contributed by atoms with Crippen molar-refractivity contribution in [3.05, 3.63) is 9.81 Å². The number of hydrogen-bond acceptors (Lipinski definition) is 1. The predicted octanol–water partition coefficient (Wildman–Crippen LogP) is -1.16. The van der Waals surface area contributed by atoms with Gasteiger partial charge in [0.25, 0.3) is 0 Å². The Morgan fingerprint density at radius 2 is 1.86 bits per heavy atom. The predicted molar refractivity (Wildman–Crippen MR) is 31.1 cm³/mol. The first-order valence-corrected chi connectivity index (χ1v) is 2.99. The van der Waals surface area contributed by atoms with E-state index in [-0.39, 0.29) is 32.8 Å². The van der Waals surface area contributed by atoms with Gasteiger partial charge in [-0.1, -0.05) is 0 Å². The quantitative estimate of drug-likeness (QED) is 0.490. The van der Waals surface area contributed by atoms with E-state index in [2.05, 4.69) is 6.58 Å². The summed E-state index contributed by atoms with van der Waals surface area (Å²) in [7, 11) is 0. The van der Waals surface area contributed by atoms with Gasteiger partial charge in [0.1, 0.15) is 0 Å². The Balaban J connectivity index is 0. The van der Waals surface area contributed by atoms with Crippen molar-refractivity contribution in [1.82, 2.24) is 0 Å². The molecule has 0 aliphatic rings. The molecule has 0 saturated carbocycles. The fourth-order valence-corrected chi connectivity index (χ4v) is 0. The molecule has 0 amide bonds. The number of aliphatic carboxylic acids is 1. The summed E-state index contributed by atoms with van der Waals surface area (Å²) in [6, 6.07) is 0. The summed E-state index contributed by atoms with van der Waals surface area (Å²) in [6.45, 7) is 3.20. The maximum absolute atomic E-state index is 9.63. The van der Waals surface area contributed by atoms with Gasteiger partial charge in [-0.3, -0.25) is 0 Å². The minimum absolute atomic E-state index is 0. The second-order valence-electron chi connectivity index (χ2n) is 0.752. The van der Waals surface area contributed by atoms with Crippen LogP contribution in [0.25, 0.3) is 0 Å². The summed E-state index contributed by atoms with van der Waals surface area (Å²) in [6.07, 6.45) is 0. The van der Waals surface area contributed by atoms with Crippen molar-refractivity contribution in [2.45, 2.75) is 0 Å². The first-order valence-electron chi connectivity index (χ1n) is 1.25. The molecule has 0 radical (unpaired) electrons. The molecule has 36 valence electrons. The third kappa shape index (κ3) is 7.11. The second kappa shape index (κ2) is 5.25. The SMILES string of the molecule is C=[C]([PoH])C(=O)O.[NaH]. The minimum atomic E-state index is -0.886. The zero-order valence-electron chi connectivity index (χ0n) is 3.01. The fraction of sp³-hybridized carbons (Fsp3) is 0. The molecule has 0 atom stereocenters. The normalized spacial score (nSPS) is 6.43. The van der Waals surface area contributed by atoms with Crippen LogP contribution in [0.4, 0.5) is 0 Å². The van der Waals surface area contributed by atoms with E-state index < -0.39 is 5.97 Å². The number of rotatable bonds is 1. The average Bonchev–Trinajstić information content (AvgIpc) is 1.36. The van der Waals surface area contributed by atoms with E-state index >= 15 is 0 Å². The van der Waals surface area contributed by atoms with Crippen LogP contribution < -0.4 is 0 Å². The van der Waals surface area contributed by atoms with Gasteiger partial charge in [-0.05, 0) is 0 Å². The molecule has 0 aromatic rings. The molecule has 0 saturated heterocycles. The number of carbonyl (C=O) groups is 1. The van der Waals surface area contributed by atoms with Gasteiger partial charge in [-0.2, -0.15) is 0 Å². The molecule has 2 nitrogen and oxygen atoms in total. The monoisotopic (exact) mass is 305 g/mol. The summed E-state index contributed by atoms with van der Waals surface area (Å²) in [5, 5.41) is 7.92. The molecule has 0 aromatic heterocycles. The third-order valence-electron chi connectivity index (χ3n) is 0.247. The summed E-state index contributed by atoms with van der Waals surface area (Å²) in [5.74, 6) is -0.886. The van der Waals surface area contributed by atoms with Gasteiger partial charge in [0.05, 0.1) is 0 Å². The van der Waals surface area contributed by atoms with Gasteiger partial charge >= 0.3 is 80.3 Å². The van der Waals surface area contributed by atoms with Crippen LogP contribution in [-0.4, -0.2) is 65.7 Å². The van der Waals surface area contributed by atoms with E-state index in [0.717, 1.165) is 25.1 Å². The molecule has 0 rings (SSSR count). The molecule has 0 bridgehead atoms. The van der Waals surface area contributed by atoms with Crippen LogP contribution >= 0.6 is 0 Å². The fourth-order valence-electron chi connectivity index (χ4n) is 0. The Labute approximate surface area is 79.4 Å². The molecular formula is C3H5NaO2Po. The molecular weight excluding hydrogens is 300 g/mol. The molecule has 7 heavy (non-hydrogen) atoms. The maximum atomic E-state index is 9.63. The number of hydrogen-bond donors (Lipinski definition) is 1. The van der Waals surface area contributed by atoms with E-state index in [4.69, 9.17) is 5.11 Å². The van der Waals surface area contributed by atoms with Gasteiger partial charge in [-0.15, -0.1) is 0 Å². The van der Waals surface area contributed by atoms with Crippen LogP contribution in [-0.2, 0) is 4.79 Å². The molecule has 0 fully saturated rings. The molecule has 0 aliphatic carbocycles. The summed E-state index contributed by atoms with van der Waals surface area (Å²) in [4.78, 5) is 9.63. The van der Waals surface area contributed by atoms with Crippen LogP contribution in [0.2, 0.25) is 0 Å². The van der Waals surface area contributed by atoms with E-state index in [0.29, 0.717) is 0 Å². The topological polar surface area (TPSA) is 37.3 Å². The first kappa shape index (κ1) is 11.0. The molecule has 0 spiro atoms. The Kier molecular flexibility index (Phi) is 8.23. The number of carboxylic acid groups (broad SMARTS) is 1. The van der Waals surface area contributed by atoms with Gasteiger partial charge in [0.2, 0.25) is 0 Å². The number of carboxylic acids is 1. The Morgan fingerprint density at radius 3 is 1.86 bits per heavy atom. The van der Waals surface area contributed by atoms with Gasteiger partial charge < -0.3 is 0 Å². The molecule has 4 heteroatoms. The molecule has 0 unspecified atom stereocenters. The van der Waals surface area contributed by atoms with E-state index in [1.165, 1.54) is 0 Å². The van der Waals surface area contributed by atoms with Crippen molar-refractivity contribution in [3.8, 4) is 0 Å². The van der Waals surface area contributed by atoms with Gasteiger partial charge in [0, 0.05) is 0 Å². The van der Waals surface area contributed by atoms with Crippen LogP contribution in [0, 0.1) is 0 Å². The summed E-state index contributed by atoms with van der Waals surface area (Å²) in [5.41, 5.74) is 0. The Morgan fingerprint density at radius 1 is 1.71 bits per heavy atom. The van der Waals surface area contributed by atoms with E-state index in [1.807, 2.05) is 0 Å². The van der Waals surface area contributed by atoms with Crippen LogP contribution in [0.5, 0.6) is 0 Å². The van der Waals surface area contributed by atoms with Crippen molar-refractivity contribution in [3.63, 3.8) is 0 Å². The molecule has 0 heterocycles. The zero-order valence-corrected chi connectivity index (χ0v) is 6.49. The third-order valence-corrected chi connectivity index (χ3v) is 0.990. The van der Waals surface area contributed by atoms with Crippen molar-refractivity contribution in [1.29, 1.82) is 0 Å². The molecule has 1 N–H and O–H groups in total. The summed E-state index contributed by atoms with van der Waals surface area (Å²) >= 11 is 0.737. The Hall–Kier alpha value is 1.11. The standard InChI is InChI=1S/C3H3O2.Na.Po.2H/c1-2-3(4)5;;;;/h1H2,(H,4,5);;;;. The first-order chi connectivity index (χ1) is 2.64. The van der Waals surface area contributed by atoms with Crippen LogP contribution in [0.15, 0.2) is 9.81 Å². The van der Waals surface area contributed by atoms with Crippen molar-refractivity contribution in [2.75, 3.05) is 0 Å². The molecule has 0 aliphatic heterocycles. The van der Waals surface area contributed by atoms with Crippen molar-refractivity contribution >= 4 is 60.6 Å². The van der Waals surface area contributed by atoms with Crippen molar-refractivity contribution in [2.24, 2.45) is 0 Å². The van der Waals surface area contributed by atoms with Crippen LogP contribution in [0.3, 0.4) is 0 Å². The van der Waals surface area contributed by atoms with E-state index in [1.54, 1.807) is 0 Å². The van der Waals surface area contributed by atoms with Crippen molar-refractivity contribution < 1.29 is 9.90 Å². The zero-order chi connectivity index (χ0) is 5.15. The summed E-state index contributed by atoms with van der Waals surface area (Å²) < 4.78 is 0.287. The van der Waals surface area contributed by atoms with Crippen LogP contribution in [0.1, 0.15) is 0 Å². The average molecular weight is 305 g/mol. The second-order valence-corrected chi connectivity index (χ2v) is 2.85.